The minimum atomic E-state index is -0.306. The van der Waals surface area contributed by atoms with Gasteiger partial charge in [-0.25, -0.2) is 4.39 Å². The summed E-state index contributed by atoms with van der Waals surface area (Å²) >= 11 is 1.51. The van der Waals surface area contributed by atoms with Gasteiger partial charge in [0.15, 0.2) is 0 Å². The molecule has 0 spiro atoms. The SMILES string of the molecule is Cc1cc(C(=O)NCc2cccc3ccccc23)ccc1N1C(=O)CSC1c1ccc(F)cc1. The molecule has 0 aromatic heterocycles. The number of anilines is 1. The van der Waals surface area contributed by atoms with E-state index >= 15 is 0 Å². The van der Waals surface area contributed by atoms with E-state index in [4.69, 9.17) is 0 Å². The summed E-state index contributed by atoms with van der Waals surface area (Å²) in [4.78, 5) is 27.3. The second kappa shape index (κ2) is 9.31. The van der Waals surface area contributed by atoms with Crippen molar-refractivity contribution >= 4 is 40.0 Å². The highest BCUT2D eigenvalue weighted by atomic mass is 32.2. The summed E-state index contributed by atoms with van der Waals surface area (Å²) in [7, 11) is 0. The van der Waals surface area contributed by atoms with Crippen molar-refractivity contribution in [2.45, 2.75) is 18.8 Å². The maximum Gasteiger partial charge on any atom is 0.251 e. The summed E-state index contributed by atoms with van der Waals surface area (Å²) in [5, 5.41) is 5.05. The third-order valence-electron chi connectivity index (χ3n) is 6.06. The van der Waals surface area contributed by atoms with Gasteiger partial charge in [-0.3, -0.25) is 14.5 Å². The number of hydrogen-bond acceptors (Lipinski definition) is 3. The van der Waals surface area contributed by atoms with Gasteiger partial charge in [-0.05, 0) is 64.7 Å². The second-order valence-corrected chi connectivity index (χ2v) is 9.37. The summed E-state index contributed by atoms with van der Waals surface area (Å²) in [6, 6.07) is 25.8. The molecule has 1 atom stereocenters. The Labute approximate surface area is 201 Å². The van der Waals surface area contributed by atoms with Crippen molar-refractivity contribution < 1.29 is 14.0 Å². The Kier molecular flexibility index (Phi) is 6.07. The van der Waals surface area contributed by atoms with Crippen LogP contribution in [0.4, 0.5) is 10.1 Å². The highest BCUT2D eigenvalue weighted by molar-refractivity contribution is 8.00. The van der Waals surface area contributed by atoms with Gasteiger partial charge in [0.05, 0.1) is 5.75 Å². The minimum absolute atomic E-state index is 0.00409. The fraction of sp³-hybridized carbons (Fsp3) is 0.143. The number of amides is 2. The minimum Gasteiger partial charge on any atom is -0.348 e. The molecular weight excluding hydrogens is 447 g/mol. The standard InChI is InChI=1S/C28H23FN2O2S/c1-18-15-21(27(33)30-16-22-7-4-6-19-5-2-3-8-24(19)22)11-14-25(18)31-26(32)17-34-28(31)20-9-12-23(29)13-10-20/h2-15,28H,16-17H2,1H3,(H,30,33). The number of halogens is 1. The van der Waals surface area contributed by atoms with E-state index in [1.165, 1.54) is 23.9 Å². The van der Waals surface area contributed by atoms with E-state index in [0.29, 0.717) is 17.9 Å². The van der Waals surface area contributed by atoms with Gasteiger partial charge in [0, 0.05) is 17.8 Å². The van der Waals surface area contributed by atoms with Gasteiger partial charge < -0.3 is 5.32 Å². The number of fused-ring (bicyclic) bond motifs is 1. The maximum absolute atomic E-state index is 13.4. The summed E-state index contributed by atoms with van der Waals surface area (Å²) in [6.45, 7) is 2.32. The van der Waals surface area contributed by atoms with Gasteiger partial charge in [-0.15, -0.1) is 11.8 Å². The Hall–Kier alpha value is -3.64. The van der Waals surface area contributed by atoms with Crippen molar-refractivity contribution in [2.24, 2.45) is 0 Å². The normalized spacial score (nSPS) is 15.6. The number of thioether (sulfide) groups is 1. The first-order valence-electron chi connectivity index (χ1n) is 11.1. The van der Waals surface area contributed by atoms with Crippen LogP contribution in [0, 0.1) is 12.7 Å². The van der Waals surface area contributed by atoms with E-state index in [1.807, 2.05) is 43.3 Å². The summed E-state index contributed by atoms with van der Waals surface area (Å²) in [5.41, 5.74) is 4.06. The molecule has 4 aromatic carbocycles. The first-order chi connectivity index (χ1) is 16.5. The molecule has 2 amide bonds. The van der Waals surface area contributed by atoms with Crippen LogP contribution in [0.3, 0.4) is 0 Å². The molecule has 170 valence electrons. The molecule has 34 heavy (non-hydrogen) atoms. The average molecular weight is 471 g/mol. The highest BCUT2D eigenvalue weighted by Gasteiger charge is 2.34. The van der Waals surface area contributed by atoms with Gasteiger partial charge in [0.25, 0.3) is 5.91 Å². The zero-order chi connectivity index (χ0) is 23.7. The molecule has 0 saturated carbocycles. The largest absolute Gasteiger partial charge is 0.348 e. The number of nitrogens with zero attached hydrogens (tertiary/aromatic N) is 1. The number of nitrogens with one attached hydrogen (secondary N) is 1. The monoisotopic (exact) mass is 470 g/mol. The van der Waals surface area contributed by atoms with E-state index in [1.54, 1.807) is 23.1 Å². The molecule has 0 radical (unpaired) electrons. The summed E-state index contributed by atoms with van der Waals surface area (Å²) in [5.74, 6) is -0.121. The van der Waals surface area contributed by atoms with Crippen LogP contribution in [0.1, 0.15) is 32.4 Å². The van der Waals surface area contributed by atoms with Crippen molar-refractivity contribution in [1.82, 2.24) is 5.32 Å². The van der Waals surface area contributed by atoms with Gasteiger partial charge in [-0.2, -0.15) is 0 Å². The van der Waals surface area contributed by atoms with E-state index < -0.39 is 0 Å². The van der Waals surface area contributed by atoms with Gasteiger partial charge in [-0.1, -0.05) is 54.6 Å². The van der Waals surface area contributed by atoms with Crippen LogP contribution in [0.15, 0.2) is 84.9 Å². The number of carbonyl (C=O) groups is 2. The number of hydrogen-bond donors (Lipinski definition) is 1. The molecule has 1 fully saturated rings. The van der Waals surface area contributed by atoms with Crippen LogP contribution in [0.5, 0.6) is 0 Å². The molecule has 5 rings (SSSR count). The van der Waals surface area contributed by atoms with Gasteiger partial charge in [0.2, 0.25) is 5.91 Å². The molecule has 6 heteroatoms. The Morgan fingerprint density at radius 2 is 1.79 bits per heavy atom. The quantitative estimate of drug-likeness (QED) is 0.389. The van der Waals surface area contributed by atoms with Crippen LogP contribution >= 0.6 is 11.8 Å². The van der Waals surface area contributed by atoms with Crippen molar-refractivity contribution in [1.29, 1.82) is 0 Å². The van der Waals surface area contributed by atoms with Gasteiger partial charge >= 0.3 is 0 Å². The maximum atomic E-state index is 13.4. The van der Waals surface area contributed by atoms with Crippen molar-refractivity contribution in [3.05, 3.63) is 113 Å². The lowest BCUT2D eigenvalue weighted by molar-refractivity contribution is -0.115. The average Bonchev–Trinajstić information content (AvgIpc) is 3.23. The molecule has 1 heterocycles. The lowest BCUT2D eigenvalue weighted by Crippen LogP contribution is -2.29. The summed E-state index contributed by atoms with van der Waals surface area (Å²) < 4.78 is 13.4. The van der Waals surface area contributed by atoms with Crippen LogP contribution in [-0.4, -0.2) is 17.6 Å². The third kappa shape index (κ3) is 4.29. The van der Waals surface area contributed by atoms with Crippen LogP contribution in [0.2, 0.25) is 0 Å². The molecular formula is C28H23FN2O2S. The molecule has 1 aliphatic heterocycles. The highest BCUT2D eigenvalue weighted by Crippen LogP contribution is 2.42. The fourth-order valence-corrected chi connectivity index (χ4v) is 5.52. The number of carbonyl (C=O) groups excluding carboxylic acids is 2. The fourth-order valence-electron chi connectivity index (χ4n) is 4.35. The van der Waals surface area contributed by atoms with Crippen LogP contribution in [0.25, 0.3) is 10.8 Å². The molecule has 4 nitrogen and oxygen atoms in total. The van der Waals surface area contributed by atoms with Crippen molar-refractivity contribution in [3.63, 3.8) is 0 Å². The first kappa shape index (κ1) is 22.2. The zero-order valence-corrected chi connectivity index (χ0v) is 19.4. The number of rotatable bonds is 5. The first-order valence-corrected chi connectivity index (χ1v) is 12.1. The smallest absolute Gasteiger partial charge is 0.251 e. The second-order valence-electron chi connectivity index (χ2n) is 8.30. The van der Waals surface area contributed by atoms with Gasteiger partial charge in [0.1, 0.15) is 11.2 Å². The molecule has 4 aromatic rings. The molecule has 1 saturated heterocycles. The van der Waals surface area contributed by atoms with E-state index in [-0.39, 0.29) is 23.0 Å². The molecule has 1 aliphatic rings. The van der Waals surface area contributed by atoms with E-state index in [0.717, 1.165) is 33.2 Å². The molecule has 1 unspecified atom stereocenters. The Morgan fingerprint density at radius 3 is 2.59 bits per heavy atom. The van der Waals surface area contributed by atoms with E-state index in [9.17, 15) is 14.0 Å². The van der Waals surface area contributed by atoms with Crippen LogP contribution < -0.4 is 10.2 Å². The number of aryl methyl sites for hydroxylation is 1. The molecule has 0 bridgehead atoms. The number of benzene rings is 4. The zero-order valence-electron chi connectivity index (χ0n) is 18.6. The van der Waals surface area contributed by atoms with Crippen LogP contribution in [-0.2, 0) is 11.3 Å². The lowest BCUT2D eigenvalue weighted by Gasteiger charge is -2.26. The predicted octanol–water partition coefficient (Wildman–Crippen LogP) is 6.00. The third-order valence-corrected chi connectivity index (χ3v) is 7.27. The Balaban J connectivity index is 1.35. The van der Waals surface area contributed by atoms with E-state index in [2.05, 4.69) is 23.5 Å². The Bertz CT molecular complexity index is 1380. The summed E-state index contributed by atoms with van der Waals surface area (Å²) in [6.07, 6.45) is 0. The predicted molar refractivity (Wildman–Crippen MR) is 135 cm³/mol. The van der Waals surface area contributed by atoms with Crippen molar-refractivity contribution in [3.8, 4) is 0 Å². The lowest BCUT2D eigenvalue weighted by atomic mass is 10.0. The molecule has 1 N–H and O–H groups in total. The molecule has 0 aliphatic carbocycles. The topological polar surface area (TPSA) is 49.4 Å². The van der Waals surface area contributed by atoms with Crippen molar-refractivity contribution in [2.75, 3.05) is 10.7 Å². The Morgan fingerprint density at radius 1 is 1.03 bits per heavy atom.